The average Bonchev–Trinajstić information content (AvgIpc) is 3.37. The lowest BCUT2D eigenvalue weighted by Gasteiger charge is -2.52. The monoisotopic (exact) mass is 461 g/mol. The van der Waals surface area contributed by atoms with Crippen molar-refractivity contribution in [2.24, 2.45) is 5.41 Å². The summed E-state index contributed by atoms with van der Waals surface area (Å²) in [5.41, 5.74) is 3.56. The van der Waals surface area contributed by atoms with Gasteiger partial charge >= 0.3 is 6.01 Å². The third-order valence-corrected chi connectivity index (χ3v) is 7.71. The Morgan fingerprint density at radius 1 is 1.00 bits per heavy atom. The first-order valence-electron chi connectivity index (χ1n) is 12.4. The molecular formula is C27H35N5O2. The Morgan fingerprint density at radius 2 is 1.71 bits per heavy atom. The number of fused-ring (bicyclic) bond motifs is 3. The van der Waals surface area contributed by atoms with E-state index in [0.717, 1.165) is 54.3 Å². The summed E-state index contributed by atoms with van der Waals surface area (Å²) < 4.78 is 11.0. The van der Waals surface area contributed by atoms with E-state index in [0.29, 0.717) is 18.0 Å². The van der Waals surface area contributed by atoms with Gasteiger partial charge in [-0.05, 0) is 68.6 Å². The van der Waals surface area contributed by atoms with Crippen LogP contribution in [-0.4, -0.2) is 33.3 Å². The first kappa shape index (κ1) is 22.8. The van der Waals surface area contributed by atoms with Crippen molar-refractivity contribution in [2.75, 3.05) is 18.5 Å². The lowest BCUT2D eigenvalue weighted by molar-refractivity contribution is 0.0445. The zero-order valence-corrected chi connectivity index (χ0v) is 20.7. The molecular weight excluding hydrogens is 426 g/mol. The van der Waals surface area contributed by atoms with Crippen LogP contribution in [0.1, 0.15) is 77.9 Å². The molecule has 180 valence electrons. The number of benzene rings is 1. The molecule has 3 saturated carbocycles. The quantitative estimate of drug-likeness (QED) is 0.467. The van der Waals surface area contributed by atoms with Crippen LogP contribution in [0, 0.1) is 5.41 Å². The maximum Gasteiger partial charge on any atom is 0.316 e. The molecule has 34 heavy (non-hydrogen) atoms. The highest BCUT2D eigenvalue weighted by molar-refractivity contribution is 5.66. The van der Waals surface area contributed by atoms with Gasteiger partial charge in [0.05, 0.1) is 6.61 Å². The van der Waals surface area contributed by atoms with Crippen LogP contribution in [0.3, 0.4) is 0 Å². The van der Waals surface area contributed by atoms with Crippen LogP contribution in [0.2, 0.25) is 0 Å². The third kappa shape index (κ3) is 4.40. The molecule has 1 aromatic carbocycles. The van der Waals surface area contributed by atoms with Crippen molar-refractivity contribution in [3.05, 3.63) is 48.4 Å². The standard InChI is InChI=1S/C27H35N5O2/c1-5-33-24-28-16-20(17-29-24)19-7-6-8-21(15-19)30-18-26-9-12-27(13-10-26,14-11-26)22-31-23(34-32-22)25(2,3)4/h6-8,15-17,30H,5,9-14,18H2,1-4H3. The number of aromatic nitrogens is 4. The molecule has 3 fully saturated rings. The normalized spacial score (nSPS) is 24.2. The zero-order valence-electron chi connectivity index (χ0n) is 20.7. The van der Waals surface area contributed by atoms with Crippen molar-refractivity contribution in [1.29, 1.82) is 0 Å². The molecule has 3 aromatic rings. The van der Waals surface area contributed by atoms with Crippen LogP contribution in [0.4, 0.5) is 5.69 Å². The van der Waals surface area contributed by atoms with Crippen molar-refractivity contribution in [3.63, 3.8) is 0 Å². The minimum absolute atomic E-state index is 0.0995. The highest BCUT2D eigenvalue weighted by Crippen LogP contribution is 2.57. The largest absolute Gasteiger partial charge is 0.464 e. The van der Waals surface area contributed by atoms with Crippen LogP contribution in [0.15, 0.2) is 41.2 Å². The number of ether oxygens (including phenoxy) is 1. The van der Waals surface area contributed by atoms with E-state index in [2.05, 4.69) is 65.5 Å². The van der Waals surface area contributed by atoms with Gasteiger partial charge in [0.25, 0.3) is 0 Å². The van der Waals surface area contributed by atoms with Gasteiger partial charge in [-0.25, -0.2) is 9.97 Å². The molecule has 3 aliphatic rings. The van der Waals surface area contributed by atoms with E-state index in [-0.39, 0.29) is 10.8 Å². The van der Waals surface area contributed by atoms with Gasteiger partial charge in [-0.2, -0.15) is 4.98 Å². The number of anilines is 1. The summed E-state index contributed by atoms with van der Waals surface area (Å²) in [5.74, 6) is 1.68. The van der Waals surface area contributed by atoms with Gasteiger partial charge in [-0.15, -0.1) is 0 Å². The molecule has 6 rings (SSSR count). The highest BCUT2D eigenvalue weighted by atomic mass is 16.5. The molecule has 0 unspecified atom stereocenters. The van der Waals surface area contributed by atoms with Crippen molar-refractivity contribution in [2.45, 2.75) is 77.0 Å². The lowest BCUT2D eigenvalue weighted by atomic mass is 9.53. The Bertz CT molecular complexity index is 1110. The van der Waals surface area contributed by atoms with Gasteiger partial charge < -0.3 is 14.6 Å². The Labute approximate surface area is 201 Å². The lowest BCUT2D eigenvalue weighted by Crippen LogP contribution is -2.47. The van der Waals surface area contributed by atoms with Gasteiger partial charge in [-0.1, -0.05) is 38.1 Å². The fourth-order valence-corrected chi connectivity index (χ4v) is 5.37. The predicted molar refractivity (Wildman–Crippen MR) is 132 cm³/mol. The summed E-state index contributed by atoms with van der Waals surface area (Å²) in [6.45, 7) is 9.86. The van der Waals surface area contributed by atoms with E-state index < -0.39 is 0 Å². The fourth-order valence-electron chi connectivity index (χ4n) is 5.37. The van der Waals surface area contributed by atoms with Gasteiger partial charge in [0.15, 0.2) is 5.82 Å². The van der Waals surface area contributed by atoms with E-state index in [4.69, 9.17) is 14.2 Å². The number of hydrogen-bond donors (Lipinski definition) is 1. The SMILES string of the molecule is CCOc1ncc(-c2cccc(NCC34CCC(c5noc(C(C)(C)C)n5)(CC3)CC4)c2)cn1. The topological polar surface area (TPSA) is 86.0 Å². The van der Waals surface area contributed by atoms with E-state index >= 15 is 0 Å². The fraction of sp³-hybridized carbons (Fsp3) is 0.556. The molecule has 2 bridgehead atoms. The van der Waals surface area contributed by atoms with Crippen LogP contribution in [0.5, 0.6) is 6.01 Å². The van der Waals surface area contributed by atoms with E-state index in [1.807, 2.05) is 19.3 Å². The molecule has 0 spiro atoms. The second-order valence-corrected chi connectivity index (χ2v) is 11.1. The molecule has 0 saturated heterocycles. The van der Waals surface area contributed by atoms with Gasteiger partial charge in [0, 0.05) is 41.0 Å². The minimum Gasteiger partial charge on any atom is -0.464 e. The summed E-state index contributed by atoms with van der Waals surface area (Å²) in [6, 6.07) is 8.91. The predicted octanol–water partition coefficient (Wildman–Crippen LogP) is 5.93. The molecule has 2 heterocycles. The van der Waals surface area contributed by atoms with Crippen LogP contribution >= 0.6 is 0 Å². The molecule has 1 N–H and O–H groups in total. The number of hydrogen-bond acceptors (Lipinski definition) is 7. The molecule has 7 heteroatoms. The van der Waals surface area contributed by atoms with Crippen molar-refractivity contribution >= 4 is 5.69 Å². The zero-order chi connectivity index (χ0) is 23.8. The van der Waals surface area contributed by atoms with Crippen molar-refractivity contribution in [3.8, 4) is 17.1 Å². The first-order chi connectivity index (χ1) is 16.3. The maximum atomic E-state index is 5.63. The average molecular weight is 462 g/mol. The number of nitrogens with one attached hydrogen (secondary N) is 1. The maximum absolute atomic E-state index is 5.63. The molecule has 7 nitrogen and oxygen atoms in total. The third-order valence-electron chi connectivity index (χ3n) is 7.71. The summed E-state index contributed by atoms with van der Waals surface area (Å²) >= 11 is 0. The van der Waals surface area contributed by atoms with Crippen LogP contribution in [-0.2, 0) is 10.8 Å². The van der Waals surface area contributed by atoms with Crippen molar-refractivity contribution < 1.29 is 9.26 Å². The molecule has 0 atom stereocenters. The smallest absolute Gasteiger partial charge is 0.316 e. The molecule has 3 aliphatic carbocycles. The summed E-state index contributed by atoms with van der Waals surface area (Å²) in [6.07, 6.45) is 10.7. The first-order valence-corrected chi connectivity index (χ1v) is 12.4. The molecule has 0 aliphatic heterocycles. The van der Waals surface area contributed by atoms with Crippen LogP contribution < -0.4 is 10.1 Å². The second-order valence-electron chi connectivity index (χ2n) is 11.1. The Kier molecular flexibility index (Phi) is 5.82. The van der Waals surface area contributed by atoms with E-state index in [1.54, 1.807) is 0 Å². The van der Waals surface area contributed by atoms with Gasteiger partial charge in [0.2, 0.25) is 5.89 Å². The summed E-state index contributed by atoms with van der Waals surface area (Å²) in [7, 11) is 0. The summed E-state index contributed by atoms with van der Waals surface area (Å²) in [5, 5.41) is 8.16. The van der Waals surface area contributed by atoms with E-state index in [9.17, 15) is 0 Å². The van der Waals surface area contributed by atoms with Crippen LogP contribution in [0.25, 0.3) is 11.1 Å². The molecule has 2 aromatic heterocycles. The second kappa shape index (κ2) is 8.67. The van der Waals surface area contributed by atoms with Crippen molar-refractivity contribution in [1.82, 2.24) is 20.1 Å². The van der Waals surface area contributed by atoms with Gasteiger partial charge in [0.1, 0.15) is 0 Å². The molecule has 0 amide bonds. The Balaban J connectivity index is 1.23. The Hall–Kier alpha value is -2.96. The summed E-state index contributed by atoms with van der Waals surface area (Å²) in [4.78, 5) is 13.4. The highest BCUT2D eigenvalue weighted by Gasteiger charge is 2.51. The number of nitrogens with zero attached hydrogens (tertiary/aromatic N) is 4. The van der Waals surface area contributed by atoms with Gasteiger partial charge in [-0.3, -0.25) is 0 Å². The Morgan fingerprint density at radius 3 is 2.32 bits per heavy atom. The number of rotatable bonds is 7. The van der Waals surface area contributed by atoms with E-state index in [1.165, 1.54) is 19.3 Å². The minimum atomic E-state index is -0.106. The molecule has 0 radical (unpaired) electrons.